The zero-order valence-corrected chi connectivity index (χ0v) is 14.0. The van der Waals surface area contributed by atoms with E-state index in [2.05, 4.69) is 25.3 Å². The molecule has 6 heteroatoms. The van der Waals surface area contributed by atoms with Crippen LogP contribution in [0.5, 0.6) is 0 Å². The Morgan fingerprint density at radius 1 is 1.12 bits per heavy atom. The standard InChI is InChI=1S/C19H19N5O/c1-13-11-17(24-19(22-13)16-6-2-3-9-21-16)23-15-7-10-25-18(15)14-5-4-8-20-12-14/h2-6,8-9,11-12,15,18H,7,10H2,1H3,(H,22,23,24)/t15-,18+/m0/s1. The molecular formula is C19H19N5O. The van der Waals surface area contributed by atoms with Crippen LogP contribution in [0.2, 0.25) is 0 Å². The highest BCUT2D eigenvalue weighted by Gasteiger charge is 2.30. The van der Waals surface area contributed by atoms with Crippen LogP contribution in [0.3, 0.4) is 0 Å². The van der Waals surface area contributed by atoms with E-state index in [9.17, 15) is 0 Å². The van der Waals surface area contributed by atoms with E-state index in [1.165, 1.54) is 0 Å². The van der Waals surface area contributed by atoms with Crippen molar-refractivity contribution in [3.63, 3.8) is 0 Å². The van der Waals surface area contributed by atoms with Gasteiger partial charge in [-0.15, -0.1) is 0 Å². The van der Waals surface area contributed by atoms with Crippen molar-refractivity contribution in [3.8, 4) is 11.5 Å². The summed E-state index contributed by atoms with van der Waals surface area (Å²) in [6.07, 6.45) is 6.27. The summed E-state index contributed by atoms with van der Waals surface area (Å²) in [5.41, 5.74) is 2.74. The lowest BCUT2D eigenvalue weighted by molar-refractivity contribution is 0.107. The lowest BCUT2D eigenvalue weighted by Crippen LogP contribution is -2.24. The highest BCUT2D eigenvalue weighted by Crippen LogP contribution is 2.31. The minimum absolute atomic E-state index is 0.0257. The number of hydrogen-bond donors (Lipinski definition) is 1. The highest BCUT2D eigenvalue weighted by atomic mass is 16.5. The molecule has 3 aromatic rings. The second-order valence-corrected chi connectivity index (χ2v) is 6.05. The molecule has 0 saturated carbocycles. The summed E-state index contributed by atoms with van der Waals surface area (Å²) in [6, 6.07) is 11.8. The van der Waals surface area contributed by atoms with Crippen molar-refractivity contribution in [2.75, 3.05) is 11.9 Å². The topological polar surface area (TPSA) is 72.8 Å². The van der Waals surface area contributed by atoms with E-state index >= 15 is 0 Å². The van der Waals surface area contributed by atoms with Crippen molar-refractivity contribution in [2.45, 2.75) is 25.5 Å². The van der Waals surface area contributed by atoms with Gasteiger partial charge in [0, 0.05) is 42.5 Å². The normalized spacial score (nSPS) is 19.7. The Balaban J connectivity index is 1.59. The fourth-order valence-electron chi connectivity index (χ4n) is 3.05. The molecule has 1 aliphatic rings. The predicted octanol–water partition coefficient (Wildman–Crippen LogP) is 3.18. The molecule has 0 spiro atoms. The average Bonchev–Trinajstić information content (AvgIpc) is 3.11. The Kier molecular flexibility index (Phi) is 4.35. The first kappa shape index (κ1) is 15.7. The molecule has 3 aromatic heterocycles. The SMILES string of the molecule is Cc1cc(N[C@H]2CCO[C@@H]2c2cccnc2)nc(-c2ccccn2)n1. The van der Waals surface area contributed by atoms with Gasteiger partial charge < -0.3 is 10.1 Å². The van der Waals surface area contributed by atoms with E-state index in [4.69, 9.17) is 4.74 Å². The molecule has 25 heavy (non-hydrogen) atoms. The number of aromatic nitrogens is 4. The Morgan fingerprint density at radius 2 is 2.08 bits per heavy atom. The van der Waals surface area contributed by atoms with E-state index in [0.29, 0.717) is 12.4 Å². The van der Waals surface area contributed by atoms with Gasteiger partial charge >= 0.3 is 0 Å². The van der Waals surface area contributed by atoms with Crippen LogP contribution >= 0.6 is 0 Å². The van der Waals surface area contributed by atoms with Crippen LogP contribution in [0.4, 0.5) is 5.82 Å². The van der Waals surface area contributed by atoms with E-state index in [-0.39, 0.29) is 12.1 Å². The van der Waals surface area contributed by atoms with Gasteiger partial charge in [0.1, 0.15) is 17.6 Å². The minimum atomic E-state index is -0.0257. The van der Waals surface area contributed by atoms with E-state index in [0.717, 1.165) is 29.2 Å². The van der Waals surface area contributed by atoms with Crippen LogP contribution in [-0.2, 0) is 4.74 Å². The smallest absolute Gasteiger partial charge is 0.180 e. The third-order valence-electron chi connectivity index (χ3n) is 4.19. The molecule has 1 fully saturated rings. The second kappa shape index (κ2) is 6.94. The van der Waals surface area contributed by atoms with Crippen molar-refractivity contribution >= 4 is 5.82 Å². The fourth-order valence-corrected chi connectivity index (χ4v) is 3.05. The number of nitrogens with zero attached hydrogens (tertiary/aromatic N) is 4. The molecule has 1 aliphatic heterocycles. The summed E-state index contributed by atoms with van der Waals surface area (Å²) in [5, 5.41) is 3.51. The van der Waals surface area contributed by atoms with Crippen LogP contribution in [-0.4, -0.2) is 32.6 Å². The quantitative estimate of drug-likeness (QED) is 0.790. The maximum absolute atomic E-state index is 5.91. The average molecular weight is 333 g/mol. The van der Waals surface area contributed by atoms with Gasteiger partial charge in [-0.25, -0.2) is 9.97 Å². The monoisotopic (exact) mass is 333 g/mol. The molecule has 6 nitrogen and oxygen atoms in total. The van der Waals surface area contributed by atoms with Crippen molar-refractivity contribution in [2.24, 2.45) is 0 Å². The number of aryl methyl sites for hydroxylation is 1. The predicted molar refractivity (Wildman–Crippen MR) is 95.0 cm³/mol. The van der Waals surface area contributed by atoms with Crippen molar-refractivity contribution in [1.29, 1.82) is 0 Å². The first-order valence-electron chi connectivity index (χ1n) is 8.35. The molecule has 4 rings (SSSR count). The summed E-state index contributed by atoms with van der Waals surface area (Å²) in [7, 11) is 0. The fraction of sp³-hybridized carbons (Fsp3) is 0.263. The minimum Gasteiger partial charge on any atom is -0.371 e. The van der Waals surface area contributed by atoms with E-state index < -0.39 is 0 Å². The van der Waals surface area contributed by atoms with E-state index in [1.54, 1.807) is 12.4 Å². The number of pyridine rings is 2. The number of anilines is 1. The molecule has 0 radical (unpaired) electrons. The maximum Gasteiger partial charge on any atom is 0.180 e. The van der Waals surface area contributed by atoms with Gasteiger partial charge in [0.25, 0.3) is 0 Å². The number of hydrogen-bond acceptors (Lipinski definition) is 6. The Hall–Kier alpha value is -2.86. The molecule has 0 unspecified atom stereocenters. The lowest BCUT2D eigenvalue weighted by atomic mass is 10.0. The highest BCUT2D eigenvalue weighted by molar-refractivity contribution is 5.53. The van der Waals surface area contributed by atoms with Crippen molar-refractivity contribution < 1.29 is 4.74 Å². The summed E-state index contributed by atoms with van der Waals surface area (Å²) in [6.45, 7) is 2.68. The molecule has 2 atom stereocenters. The zero-order chi connectivity index (χ0) is 17.1. The van der Waals surface area contributed by atoms with Gasteiger partial charge in [0.15, 0.2) is 5.82 Å². The number of rotatable bonds is 4. The summed E-state index contributed by atoms with van der Waals surface area (Å²) < 4.78 is 5.91. The number of ether oxygens (including phenoxy) is 1. The lowest BCUT2D eigenvalue weighted by Gasteiger charge is -2.20. The molecule has 0 aromatic carbocycles. The zero-order valence-electron chi connectivity index (χ0n) is 14.0. The first-order chi connectivity index (χ1) is 12.3. The van der Waals surface area contributed by atoms with Gasteiger partial charge in [-0.05, 0) is 31.5 Å². The first-order valence-corrected chi connectivity index (χ1v) is 8.35. The summed E-state index contributed by atoms with van der Waals surface area (Å²) in [4.78, 5) is 17.7. The number of nitrogens with one attached hydrogen (secondary N) is 1. The van der Waals surface area contributed by atoms with Gasteiger partial charge in [0.2, 0.25) is 0 Å². The molecule has 0 amide bonds. The van der Waals surface area contributed by atoms with Crippen LogP contribution in [0, 0.1) is 6.92 Å². The largest absolute Gasteiger partial charge is 0.371 e. The Labute approximate surface area is 146 Å². The molecule has 0 bridgehead atoms. The Bertz CT molecular complexity index is 841. The van der Waals surface area contributed by atoms with Crippen molar-refractivity contribution in [3.05, 3.63) is 66.2 Å². The molecule has 1 N–H and O–H groups in total. The van der Waals surface area contributed by atoms with Crippen molar-refractivity contribution in [1.82, 2.24) is 19.9 Å². The molecule has 0 aliphatic carbocycles. The van der Waals surface area contributed by atoms with Crippen LogP contribution in [0.1, 0.15) is 23.8 Å². The van der Waals surface area contributed by atoms with Crippen LogP contribution < -0.4 is 5.32 Å². The molecular weight excluding hydrogens is 314 g/mol. The summed E-state index contributed by atoms with van der Waals surface area (Å²) in [5.74, 6) is 1.41. The van der Waals surface area contributed by atoms with Gasteiger partial charge in [-0.2, -0.15) is 0 Å². The van der Waals surface area contributed by atoms with Gasteiger partial charge in [-0.3, -0.25) is 9.97 Å². The third kappa shape index (κ3) is 3.49. The third-order valence-corrected chi connectivity index (χ3v) is 4.19. The van der Waals surface area contributed by atoms with Crippen LogP contribution in [0.15, 0.2) is 55.0 Å². The van der Waals surface area contributed by atoms with E-state index in [1.807, 2.05) is 49.5 Å². The van der Waals surface area contributed by atoms with Gasteiger partial charge in [0.05, 0.1) is 6.04 Å². The summed E-state index contributed by atoms with van der Waals surface area (Å²) >= 11 is 0. The molecule has 4 heterocycles. The molecule has 1 saturated heterocycles. The van der Waals surface area contributed by atoms with Crippen LogP contribution in [0.25, 0.3) is 11.5 Å². The Morgan fingerprint density at radius 3 is 2.88 bits per heavy atom. The molecule has 126 valence electrons. The second-order valence-electron chi connectivity index (χ2n) is 6.05. The maximum atomic E-state index is 5.91. The van der Waals surface area contributed by atoms with Gasteiger partial charge in [-0.1, -0.05) is 12.1 Å².